The van der Waals surface area contributed by atoms with Crippen LogP contribution < -0.4 is 15.5 Å². The molecule has 7 nitrogen and oxygen atoms in total. The monoisotopic (exact) mass is 531 g/mol. The fraction of sp³-hybridized carbons (Fsp3) is 0.550. The maximum Gasteiger partial charge on any atom is 0.191 e. The standard InChI is InChI=1S/C20H30ClN7.HI/c1-4-5-10-22-20(23-13-19-26-25-15(2)27(19)3)24-17-9-11-28(14-17)18-8-6-7-16(21)12-18;/h6-8,12,17H,4-5,9-11,13-14H2,1-3H3,(H2,22,23,24);1H. The molecule has 0 saturated carbocycles. The van der Waals surface area contributed by atoms with Gasteiger partial charge in [-0.2, -0.15) is 0 Å². The average Bonchev–Trinajstić information content (AvgIpc) is 3.27. The zero-order valence-electron chi connectivity index (χ0n) is 17.4. The molecule has 0 radical (unpaired) electrons. The summed E-state index contributed by atoms with van der Waals surface area (Å²) >= 11 is 6.14. The summed E-state index contributed by atoms with van der Waals surface area (Å²) in [4.78, 5) is 7.11. The third-order valence-electron chi connectivity index (χ3n) is 5.09. The lowest BCUT2D eigenvalue weighted by Crippen LogP contribution is -2.45. The zero-order chi connectivity index (χ0) is 19.9. The van der Waals surface area contributed by atoms with Crippen LogP contribution in [0.15, 0.2) is 29.3 Å². The molecule has 1 aromatic heterocycles. The van der Waals surface area contributed by atoms with Crippen LogP contribution in [0.5, 0.6) is 0 Å². The molecule has 2 N–H and O–H groups in total. The SMILES string of the molecule is CCCCNC(=NCc1nnc(C)n1C)NC1CCN(c2cccc(Cl)c2)C1.I. The number of benzene rings is 1. The highest BCUT2D eigenvalue weighted by Crippen LogP contribution is 2.23. The number of aryl methyl sites for hydroxylation is 1. The van der Waals surface area contributed by atoms with Gasteiger partial charge in [0.05, 0.1) is 0 Å². The van der Waals surface area contributed by atoms with Crippen molar-refractivity contribution in [1.29, 1.82) is 0 Å². The smallest absolute Gasteiger partial charge is 0.191 e. The van der Waals surface area contributed by atoms with E-state index in [0.29, 0.717) is 12.6 Å². The average molecular weight is 532 g/mol. The minimum atomic E-state index is 0. The van der Waals surface area contributed by atoms with Crippen LogP contribution in [0, 0.1) is 6.92 Å². The van der Waals surface area contributed by atoms with Gasteiger partial charge in [-0.05, 0) is 38.0 Å². The van der Waals surface area contributed by atoms with Crippen molar-refractivity contribution in [2.45, 2.75) is 45.7 Å². The molecule has 29 heavy (non-hydrogen) atoms. The second-order valence-corrected chi connectivity index (χ2v) is 7.66. The van der Waals surface area contributed by atoms with E-state index in [1.54, 1.807) is 0 Å². The first-order valence-electron chi connectivity index (χ1n) is 9.97. The lowest BCUT2D eigenvalue weighted by Gasteiger charge is -2.21. The molecule has 0 spiro atoms. The first kappa shape index (κ1) is 23.7. The Kier molecular flexibility index (Phi) is 9.48. The predicted octanol–water partition coefficient (Wildman–Crippen LogP) is 3.51. The van der Waals surface area contributed by atoms with Crippen LogP contribution in [0.3, 0.4) is 0 Å². The molecule has 1 atom stereocenters. The molecule has 1 aliphatic rings. The Morgan fingerprint density at radius 3 is 2.86 bits per heavy atom. The van der Waals surface area contributed by atoms with Crippen molar-refractivity contribution in [2.75, 3.05) is 24.5 Å². The largest absolute Gasteiger partial charge is 0.369 e. The van der Waals surface area contributed by atoms with Gasteiger partial charge in [0.2, 0.25) is 0 Å². The van der Waals surface area contributed by atoms with Gasteiger partial charge in [0.25, 0.3) is 0 Å². The van der Waals surface area contributed by atoms with Crippen LogP contribution in [0.2, 0.25) is 5.02 Å². The van der Waals surface area contributed by atoms with Gasteiger partial charge in [-0.3, -0.25) is 0 Å². The molecule has 1 unspecified atom stereocenters. The number of rotatable bonds is 7. The van der Waals surface area contributed by atoms with Crippen molar-refractivity contribution in [2.24, 2.45) is 12.0 Å². The number of unbranched alkanes of at least 4 members (excludes halogenated alkanes) is 1. The molecule has 2 heterocycles. The highest BCUT2D eigenvalue weighted by Gasteiger charge is 2.23. The molecular formula is C20H31ClIN7. The molecule has 0 aliphatic carbocycles. The molecule has 2 aromatic rings. The van der Waals surface area contributed by atoms with E-state index < -0.39 is 0 Å². The summed E-state index contributed by atoms with van der Waals surface area (Å²) in [6, 6.07) is 8.38. The van der Waals surface area contributed by atoms with Crippen LogP contribution in [0.4, 0.5) is 5.69 Å². The number of halogens is 2. The Hall–Kier alpha value is -1.55. The van der Waals surface area contributed by atoms with E-state index in [9.17, 15) is 0 Å². The van der Waals surface area contributed by atoms with Crippen LogP contribution in [-0.4, -0.2) is 46.4 Å². The predicted molar refractivity (Wildman–Crippen MR) is 130 cm³/mol. The molecule has 0 amide bonds. The molecule has 9 heteroatoms. The quantitative estimate of drug-likeness (QED) is 0.248. The lowest BCUT2D eigenvalue weighted by atomic mass is 10.2. The zero-order valence-corrected chi connectivity index (χ0v) is 20.4. The maximum atomic E-state index is 6.14. The number of nitrogens with one attached hydrogen (secondary N) is 2. The summed E-state index contributed by atoms with van der Waals surface area (Å²) in [6.45, 7) is 7.48. The number of nitrogens with zero attached hydrogens (tertiary/aromatic N) is 5. The van der Waals surface area contributed by atoms with Crippen LogP contribution >= 0.6 is 35.6 Å². The van der Waals surface area contributed by atoms with Crippen LogP contribution in [0.1, 0.15) is 37.8 Å². The number of anilines is 1. The summed E-state index contributed by atoms with van der Waals surface area (Å²) in [5.74, 6) is 2.60. The van der Waals surface area contributed by atoms with Gasteiger partial charge in [-0.1, -0.05) is 31.0 Å². The van der Waals surface area contributed by atoms with E-state index in [2.05, 4.69) is 38.7 Å². The molecule has 0 bridgehead atoms. The minimum Gasteiger partial charge on any atom is -0.369 e. The normalized spacial score (nSPS) is 16.6. The molecule has 1 fully saturated rings. The Morgan fingerprint density at radius 1 is 1.34 bits per heavy atom. The fourth-order valence-corrected chi connectivity index (χ4v) is 3.44. The van der Waals surface area contributed by atoms with Gasteiger partial charge in [0.1, 0.15) is 12.4 Å². The van der Waals surface area contributed by atoms with E-state index in [4.69, 9.17) is 16.6 Å². The van der Waals surface area contributed by atoms with Crippen LogP contribution in [-0.2, 0) is 13.6 Å². The molecule has 1 saturated heterocycles. The van der Waals surface area contributed by atoms with Gasteiger partial charge in [-0.25, -0.2) is 4.99 Å². The molecule has 1 aromatic carbocycles. The highest BCUT2D eigenvalue weighted by molar-refractivity contribution is 14.0. The summed E-state index contributed by atoms with van der Waals surface area (Å²) < 4.78 is 1.98. The Balaban J connectivity index is 0.00000300. The van der Waals surface area contributed by atoms with Crippen molar-refractivity contribution in [1.82, 2.24) is 25.4 Å². The van der Waals surface area contributed by atoms with E-state index in [0.717, 1.165) is 61.5 Å². The van der Waals surface area contributed by atoms with E-state index in [1.165, 1.54) is 5.69 Å². The number of aliphatic imine (C=N–C) groups is 1. The van der Waals surface area contributed by atoms with Crippen molar-refractivity contribution in [3.8, 4) is 0 Å². The Morgan fingerprint density at radius 2 is 2.17 bits per heavy atom. The second kappa shape index (κ2) is 11.6. The third kappa shape index (κ3) is 6.74. The van der Waals surface area contributed by atoms with Crippen molar-refractivity contribution >= 4 is 47.2 Å². The van der Waals surface area contributed by atoms with Gasteiger partial charge in [0, 0.05) is 43.4 Å². The molecule has 1 aliphatic heterocycles. The summed E-state index contributed by atoms with van der Waals surface area (Å²) in [7, 11) is 1.97. The number of hydrogen-bond donors (Lipinski definition) is 2. The number of aromatic nitrogens is 3. The molecule has 3 rings (SSSR count). The van der Waals surface area contributed by atoms with Gasteiger partial charge >= 0.3 is 0 Å². The van der Waals surface area contributed by atoms with Gasteiger partial charge in [0.15, 0.2) is 11.8 Å². The highest BCUT2D eigenvalue weighted by atomic mass is 127. The fourth-order valence-electron chi connectivity index (χ4n) is 3.25. The van der Waals surface area contributed by atoms with E-state index >= 15 is 0 Å². The van der Waals surface area contributed by atoms with Crippen molar-refractivity contribution < 1.29 is 0 Å². The summed E-state index contributed by atoms with van der Waals surface area (Å²) in [5, 5.41) is 16.1. The lowest BCUT2D eigenvalue weighted by molar-refractivity contribution is 0.636. The van der Waals surface area contributed by atoms with Crippen molar-refractivity contribution in [3.05, 3.63) is 40.9 Å². The second-order valence-electron chi connectivity index (χ2n) is 7.22. The number of guanidine groups is 1. The first-order valence-corrected chi connectivity index (χ1v) is 10.3. The van der Waals surface area contributed by atoms with Crippen LogP contribution in [0.25, 0.3) is 0 Å². The van der Waals surface area contributed by atoms with Gasteiger partial charge in [-0.15, -0.1) is 34.2 Å². The van der Waals surface area contributed by atoms with Gasteiger partial charge < -0.3 is 20.1 Å². The minimum absolute atomic E-state index is 0. The Labute approximate surface area is 195 Å². The Bertz CT molecular complexity index is 808. The van der Waals surface area contributed by atoms with Crippen molar-refractivity contribution in [3.63, 3.8) is 0 Å². The first-order chi connectivity index (χ1) is 13.6. The maximum absolute atomic E-state index is 6.14. The number of hydrogen-bond acceptors (Lipinski definition) is 4. The third-order valence-corrected chi connectivity index (χ3v) is 5.32. The summed E-state index contributed by atoms with van der Waals surface area (Å²) in [5.41, 5.74) is 1.17. The summed E-state index contributed by atoms with van der Waals surface area (Å²) in [6.07, 6.45) is 3.32. The topological polar surface area (TPSA) is 70.4 Å². The van der Waals surface area contributed by atoms with E-state index in [1.807, 2.05) is 36.7 Å². The van der Waals surface area contributed by atoms with E-state index in [-0.39, 0.29) is 24.0 Å². The molecular weight excluding hydrogens is 501 g/mol. The molecule has 160 valence electrons.